The summed E-state index contributed by atoms with van der Waals surface area (Å²) in [6.07, 6.45) is 0.414. The van der Waals surface area contributed by atoms with Crippen molar-refractivity contribution in [2.45, 2.75) is 6.17 Å². The second-order valence-electron chi connectivity index (χ2n) is 6.63. The Labute approximate surface area is 139 Å². The van der Waals surface area contributed by atoms with Gasteiger partial charge in [-0.05, 0) is 22.2 Å². The van der Waals surface area contributed by atoms with Crippen LogP contribution in [0.4, 0.5) is 0 Å². The van der Waals surface area contributed by atoms with Crippen LogP contribution in [0, 0.1) is 0 Å². The zero-order valence-corrected chi connectivity index (χ0v) is 13.2. The van der Waals surface area contributed by atoms with Gasteiger partial charge in [0.2, 0.25) is 0 Å². The van der Waals surface area contributed by atoms with Crippen LogP contribution >= 0.6 is 0 Å². The summed E-state index contributed by atoms with van der Waals surface area (Å²) >= 11 is 0. The van der Waals surface area contributed by atoms with E-state index in [1.165, 1.54) is 43.4 Å². The maximum Gasteiger partial charge on any atom is 0.0973 e. The third-order valence-electron chi connectivity index (χ3n) is 5.28. The van der Waals surface area contributed by atoms with E-state index >= 15 is 0 Å². The minimum Gasteiger partial charge on any atom is -0.322 e. The van der Waals surface area contributed by atoms with Gasteiger partial charge in [-0.3, -0.25) is 5.32 Å². The lowest BCUT2D eigenvalue weighted by atomic mass is 9.97. The number of benzene rings is 4. The number of rotatable bonds is 1. The van der Waals surface area contributed by atoms with Gasteiger partial charge in [-0.2, -0.15) is 0 Å². The first-order valence-electron chi connectivity index (χ1n) is 8.49. The van der Waals surface area contributed by atoms with E-state index in [1.807, 2.05) is 0 Å². The zero-order valence-electron chi connectivity index (χ0n) is 13.2. The van der Waals surface area contributed by atoms with E-state index in [0.29, 0.717) is 6.17 Å². The lowest BCUT2D eigenvalue weighted by Crippen LogP contribution is -1.97. The SMILES string of the molecule is c1ccc2c(c1)c1ccccc1c1c2c2ccccc2n1C1CN1. The van der Waals surface area contributed by atoms with E-state index in [1.54, 1.807) is 0 Å². The molecule has 1 atom stereocenters. The highest BCUT2D eigenvalue weighted by molar-refractivity contribution is 6.31. The van der Waals surface area contributed by atoms with E-state index in [4.69, 9.17) is 0 Å². The van der Waals surface area contributed by atoms with Crippen molar-refractivity contribution in [2.24, 2.45) is 0 Å². The molecule has 2 heterocycles. The fourth-order valence-corrected chi connectivity index (χ4v) is 4.22. The Balaban J connectivity index is 2.05. The molecule has 2 nitrogen and oxygen atoms in total. The van der Waals surface area contributed by atoms with E-state index in [9.17, 15) is 0 Å². The summed E-state index contributed by atoms with van der Waals surface area (Å²) in [6.45, 7) is 1.05. The van der Waals surface area contributed by atoms with Crippen LogP contribution in [0.5, 0.6) is 0 Å². The lowest BCUT2D eigenvalue weighted by molar-refractivity contribution is 0.788. The fraction of sp³-hybridized carbons (Fsp3) is 0.0909. The quantitative estimate of drug-likeness (QED) is 0.334. The Morgan fingerprint density at radius 1 is 0.667 bits per heavy atom. The zero-order chi connectivity index (χ0) is 15.7. The minimum atomic E-state index is 0.414. The summed E-state index contributed by atoms with van der Waals surface area (Å²) in [7, 11) is 0. The van der Waals surface area contributed by atoms with Gasteiger partial charge in [-0.1, -0.05) is 66.7 Å². The van der Waals surface area contributed by atoms with Gasteiger partial charge >= 0.3 is 0 Å². The minimum absolute atomic E-state index is 0.414. The molecule has 6 rings (SSSR count). The number of aromatic nitrogens is 1. The Morgan fingerprint density at radius 3 is 1.92 bits per heavy atom. The van der Waals surface area contributed by atoms with Crippen molar-refractivity contribution in [3.63, 3.8) is 0 Å². The van der Waals surface area contributed by atoms with Crippen molar-refractivity contribution in [1.29, 1.82) is 0 Å². The molecule has 0 radical (unpaired) electrons. The summed E-state index contributed by atoms with van der Waals surface area (Å²) in [4.78, 5) is 0. The average Bonchev–Trinajstić information content (AvgIpc) is 3.42. The van der Waals surface area contributed by atoms with Crippen molar-refractivity contribution in [3.8, 4) is 0 Å². The van der Waals surface area contributed by atoms with Gasteiger partial charge in [0, 0.05) is 22.7 Å². The third-order valence-corrected chi connectivity index (χ3v) is 5.28. The van der Waals surface area contributed by atoms with Crippen LogP contribution in [-0.2, 0) is 0 Å². The van der Waals surface area contributed by atoms with Gasteiger partial charge in [-0.15, -0.1) is 0 Å². The molecule has 1 unspecified atom stereocenters. The molecule has 1 aromatic heterocycles. The Morgan fingerprint density at radius 2 is 1.21 bits per heavy atom. The van der Waals surface area contributed by atoms with Crippen LogP contribution in [0.15, 0.2) is 72.8 Å². The first-order chi connectivity index (χ1) is 11.9. The highest BCUT2D eigenvalue weighted by Gasteiger charge is 2.28. The molecule has 5 aromatic rings. The summed E-state index contributed by atoms with van der Waals surface area (Å²) in [5, 5.41) is 11.6. The van der Waals surface area contributed by atoms with Crippen LogP contribution in [0.25, 0.3) is 43.4 Å². The first-order valence-corrected chi connectivity index (χ1v) is 8.49. The predicted molar refractivity (Wildman–Crippen MR) is 101 cm³/mol. The van der Waals surface area contributed by atoms with E-state index in [-0.39, 0.29) is 0 Å². The summed E-state index contributed by atoms with van der Waals surface area (Å²) in [5.41, 5.74) is 2.68. The van der Waals surface area contributed by atoms with Crippen LogP contribution in [0.1, 0.15) is 6.17 Å². The molecule has 0 bridgehead atoms. The van der Waals surface area contributed by atoms with Crippen molar-refractivity contribution in [3.05, 3.63) is 72.8 Å². The van der Waals surface area contributed by atoms with Crippen molar-refractivity contribution >= 4 is 43.4 Å². The molecular weight excluding hydrogens is 292 g/mol. The van der Waals surface area contributed by atoms with Gasteiger partial charge in [0.15, 0.2) is 0 Å². The van der Waals surface area contributed by atoms with E-state index in [0.717, 1.165) is 6.54 Å². The average molecular weight is 308 g/mol. The van der Waals surface area contributed by atoms with Crippen LogP contribution < -0.4 is 5.32 Å². The van der Waals surface area contributed by atoms with Crippen molar-refractivity contribution in [2.75, 3.05) is 6.54 Å². The molecule has 0 amide bonds. The molecule has 1 saturated heterocycles. The monoisotopic (exact) mass is 308 g/mol. The van der Waals surface area contributed by atoms with Crippen LogP contribution in [0.3, 0.4) is 0 Å². The van der Waals surface area contributed by atoms with E-state index in [2.05, 4.69) is 82.7 Å². The highest BCUT2D eigenvalue weighted by Crippen LogP contribution is 2.42. The number of nitrogens with zero attached hydrogens (tertiary/aromatic N) is 1. The van der Waals surface area contributed by atoms with Gasteiger partial charge in [-0.25, -0.2) is 0 Å². The Hall–Kier alpha value is -2.84. The topological polar surface area (TPSA) is 26.9 Å². The molecule has 24 heavy (non-hydrogen) atoms. The number of fused-ring (bicyclic) bond motifs is 8. The number of para-hydroxylation sites is 1. The number of hydrogen-bond acceptors (Lipinski definition) is 1. The predicted octanol–water partition coefficient (Wildman–Crippen LogP) is 5.20. The second-order valence-corrected chi connectivity index (χ2v) is 6.63. The summed E-state index contributed by atoms with van der Waals surface area (Å²) in [6, 6.07) is 26.4. The van der Waals surface area contributed by atoms with Gasteiger partial charge in [0.05, 0.1) is 17.2 Å². The number of hydrogen-bond donors (Lipinski definition) is 1. The van der Waals surface area contributed by atoms with Crippen molar-refractivity contribution in [1.82, 2.24) is 9.88 Å². The summed E-state index contributed by atoms with van der Waals surface area (Å²) < 4.78 is 2.50. The molecule has 1 aliphatic heterocycles. The molecule has 0 spiro atoms. The van der Waals surface area contributed by atoms with Crippen LogP contribution in [-0.4, -0.2) is 11.1 Å². The van der Waals surface area contributed by atoms with Crippen LogP contribution in [0.2, 0.25) is 0 Å². The summed E-state index contributed by atoms with van der Waals surface area (Å²) in [5.74, 6) is 0. The van der Waals surface area contributed by atoms with Gasteiger partial charge in [0.1, 0.15) is 0 Å². The second kappa shape index (κ2) is 4.37. The molecule has 114 valence electrons. The molecule has 1 aliphatic rings. The largest absolute Gasteiger partial charge is 0.322 e. The lowest BCUT2D eigenvalue weighted by Gasteiger charge is -2.10. The first kappa shape index (κ1) is 12.6. The van der Waals surface area contributed by atoms with Gasteiger partial charge in [0.25, 0.3) is 0 Å². The Bertz CT molecular complexity index is 1260. The van der Waals surface area contributed by atoms with Crippen molar-refractivity contribution < 1.29 is 0 Å². The third kappa shape index (κ3) is 1.49. The normalized spacial score (nSPS) is 17.2. The molecule has 0 saturated carbocycles. The maximum absolute atomic E-state index is 3.50. The molecule has 4 aromatic carbocycles. The molecule has 1 fully saturated rings. The smallest absolute Gasteiger partial charge is 0.0973 e. The highest BCUT2D eigenvalue weighted by atomic mass is 15.3. The standard InChI is InChI=1S/C22H16N2/c1-3-9-16-14(7-1)15-8-2-4-10-17(15)22-21(16)18-11-5-6-12-19(18)24(22)20-13-23-20/h1-12,20,23H,13H2. The molecular formula is C22H16N2. The maximum atomic E-state index is 3.50. The number of nitrogens with one attached hydrogen (secondary N) is 1. The Kier molecular flexibility index (Phi) is 2.29. The van der Waals surface area contributed by atoms with Gasteiger partial charge < -0.3 is 4.57 Å². The molecule has 0 aliphatic carbocycles. The fourth-order valence-electron chi connectivity index (χ4n) is 4.22. The molecule has 1 N–H and O–H groups in total. The van der Waals surface area contributed by atoms with E-state index < -0.39 is 0 Å². The molecule has 2 heteroatoms.